The van der Waals surface area contributed by atoms with Crippen LogP contribution in [0.3, 0.4) is 0 Å². The van der Waals surface area contributed by atoms with Crippen molar-refractivity contribution in [3.05, 3.63) is 77.7 Å². The number of thioether (sulfide) groups is 1. The zero-order valence-corrected chi connectivity index (χ0v) is 16.3. The van der Waals surface area contributed by atoms with Crippen molar-refractivity contribution in [1.29, 1.82) is 0 Å². The highest BCUT2D eigenvalue weighted by Gasteiger charge is 2.08. The van der Waals surface area contributed by atoms with Crippen molar-refractivity contribution in [3.8, 4) is 11.5 Å². The molecule has 1 aromatic heterocycles. The van der Waals surface area contributed by atoms with Gasteiger partial charge in [0.15, 0.2) is 0 Å². The van der Waals surface area contributed by atoms with Crippen molar-refractivity contribution < 1.29 is 9.21 Å². The van der Waals surface area contributed by atoms with Crippen LogP contribution in [-0.4, -0.2) is 23.2 Å². The van der Waals surface area contributed by atoms with E-state index in [2.05, 4.69) is 41.5 Å². The number of hydrogen-bond acceptors (Lipinski definition) is 4. The molecule has 0 bridgehead atoms. The molecule has 0 fully saturated rings. The van der Waals surface area contributed by atoms with Gasteiger partial charge in [-0.25, -0.2) is 4.98 Å². The van der Waals surface area contributed by atoms with Crippen LogP contribution >= 0.6 is 11.8 Å². The third-order valence-electron chi connectivity index (χ3n) is 4.22. The van der Waals surface area contributed by atoms with Gasteiger partial charge in [0.05, 0.1) is 11.4 Å². The molecule has 3 rings (SSSR count). The zero-order chi connectivity index (χ0) is 18.9. The second-order valence-electron chi connectivity index (χ2n) is 6.27. The fourth-order valence-corrected chi connectivity index (χ4v) is 3.41. The van der Waals surface area contributed by atoms with E-state index in [0.717, 1.165) is 24.1 Å². The molecule has 0 atom stereocenters. The molecular formula is C22H24N2O2S. The maximum atomic E-state index is 11.9. The number of nitrogens with one attached hydrogen (secondary N) is 1. The van der Waals surface area contributed by atoms with Crippen LogP contribution in [0.1, 0.15) is 23.7 Å². The Morgan fingerprint density at radius 2 is 1.85 bits per heavy atom. The molecule has 5 heteroatoms. The van der Waals surface area contributed by atoms with E-state index in [1.807, 2.05) is 30.3 Å². The summed E-state index contributed by atoms with van der Waals surface area (Å²) in [5.74, 6) is 1.75. The number of benzene rings is 2. The molecule has 1 amide bonds. The molecule has 2 aromatic carbocycles. The minimum atomic E-state index is 0.0507. The molecule has 3 aromatic rings. The lowest BCUT2D eigenvalue weighted by molar-refractivity contribution is -0.118. The van der Waals surface area contributed by atoms with Crippen molar-refractivity contribution in [2.24, 2.45) is 0 Å². The summed E-state index contributed by atoms with van der Waals surface area (Å²) in [5.41, 5.74) is 4.35. The van der Waals surface area contributed by atoms with Crippen molar-refractivity contribution in [3.63, 3.8) is 0 Å². The predicted molar refractivity (Wildman–Crippen MR) is 111 cm³/mol. The van der Waals surface area contributed by atoms with E-state index in [9.17, 15) is 4.79 Å². The molecule has 0 aliphatic rings. The summed E-state index contributed by atoms with van der Waals surface area (Å²) in [5, 5.41) is 2.96. The van der Waals surface area contributed by atoms with Gasteiger partial charge in [0.25, 0.3) is 0 Å². The van der Waals surface area contributed by atoms with Crippen LogP contribution in [0.25, 0.3) is 11.5 Å². The monoisotopic (exact) mass is 380 g/mol. The van der Waals surface area contributed by atoms with Gasteiger partial charge in [-0.05, 0) is 36.1 Å². The van der Waals surface area contributed by atoms with Crippen LogP contribution < -0.4 is 5.32 Å². The van der Waals surface area contributed by atoms with E-state index >= 15 is 0 Å². The van der Waals surface area contributed by atoms with E-state index in [0.29, 0.717) is 23.9 Å². The highest BCUT2D eigenvalue weighted by Crippen LogP contribution is 2.21. The molecule has 1 N–H and O–H groups in total. The minimum absolute atomic E-state index is 0.0507. The Hall–Kier alpha value is -2.53. The second-order valence-corrected chi connectivity index (χ2v) is 7.26. The lowest BCUT2D eigenvalue weighted by Gasteiger charge is -2.04. The minimum Gasteiger partial charge on any atom is -0.444 e. The van der Waals surface area contributed by atoms with Crippen molar-refractivity contribution in [2.75, 3.05) is 12.3 Å². The summed E-state index contributed by atoms with van der Waals surface area (Å²) in [6.45, 7) is 2.79. The summed E-state index contributed by atoms with van der Waals surface area (Å²) in [7, 11) is 0. The molecule has 0 aliphatic heterocycles. The Morgan fingerprint density at radius 1 is 1.07 bits per heavy atom. The highest BCUT2D eigenvalue weighted by molar-refractivity contribution is 7.99. The number of aryl methyl sites for hydroxylation is 1. The van der Waals surface area contributed by atoms with E-state index in [1.165, 1.54) is 11.1 Å². The lowest BCUT2D eigenvalue weighted by atomic mass is 10.1. The number of hydrogen-bond donors (Lipinski definition) is 1. The topological polar surface area (TPSA) is 55.1 Å². The molecule has 0 saturated heterocycles. The Bertz CT molecular complexity index is 844. The van der Waals surface area contributed by atoms with Crippen molar-refractivity contribution >= 4 is 17.7 Å². The van der Waals surface area contributed by atoms with E-state index in [1.54, 1.807) is 18.0 Å². The first kappa shape index (κ1) is 19.2. The standard InChI is InChI=1S/C22H24N2O2S/c1-2-17-8-10-19(11-9-17)22-24-20(14-26-22)15-27-16-21(25)23-13-12-18-6-4-3-5-7-18/h3-11,14H,2,12-13,15-16H2,1H3,(H,23,25). The smallest absolute Gasteiger partial charge is 0.230 e. The summed E-state index contributed by atoms with van der Waals surface area (Å²) >= 11 is 1.54. The van der Waals surface area contributed by atoms with Crippen LogP contribution in [0.5, 0.6) is 0 Å². The van der Waals surface area contributed by atoms with Gasteiger partial charge in [0.1, 0.15) is 6.26 Å². The molecule has 0 unspecified atom stereocenters. The van der Waals surface area contributed by atoms with Crippen molar-refractivity contribution in [1.82, 2.24) is 10.3 Å². The Morgan fingerprint density at radius 3 is 2.59 bits per heavy atom. The zero-order valence-electron chi connectivity index (χ0n) is 15.5. The number of carbonyl (C=O) groups is 1. The molecule has 0 radical (unpaired) electrons. The molecule has 4 nitrogen and oxygen atoms in total. The number of rotatable bonds is 9. The van der Waals surface area contributed by atoms with Crippen LogP contribution in [0.2, 0.25) is 0 Å². The van der Waals surface area contributed by atoms with Crippen LogP contribution in [0.15, 0.2) is 65.3 Å². The maximum absolute atomic E-state index is 11.9. The van der Waals surface area contributed by atoms with Gasteiger partial charge in [-0.3, -0.25) is 4.79 Å². The lowest BCUT2D eigenvalue weighted by Crippen LogP contribution is -2.27. The normalized spacial score (nSPS) is 10.7. The summed E-state index contributed by atoms with van der Waals surface area (Å²) < 4.78 is 5.57. The van der Waals surface area contributed by atoms with Crippen LogP contribution in [0, 0.1) is 0 Å². The molecule has 1 heterocycles. The number of oxazole rings is 1. The summed E-state index contributed by atoms with van der Waals surface area (Å²) in [6, 6.07) is 18.4. The first-order chi connectivity index (χ1) is 13.2. The fraction of sp³-hybridized carbons (Fsp3) is 0.273. The fourth-order valence-electron chi connectivity index (χ4n) is 2.68. The third kappa shape index (κ3) is 6.00. The largest absolute Gasteiger partial charge is 0.444 e. The molecule has 0 saturated carbocycles. The molecule has 0 aliphatic carbocycles. The number of amides is 1. The Kier molecular flexibility index (Phi) is 7.11. The van der Waals surface area contributed by atoms with Crippen molar-refractivity contribution in [2.45, 2.75) is 25.5 Å². The van der Waals surface area contributed by atoms with Gasteiger partial charge in [-0.2, -0.15) is 0 Å². The molecule has 27 heavy (non-hydrogen) atoms. The van der Waals surface area contributed by atoms with Gasteiger partial charge in [-0.1, -0.05) is 49.4 Å². The SMILES string of the molecule is CCc1ccc(-c2nc(CSCC(=O)NCCc3ccccc3)co2)cc1. The van der Waals surface area contributed by atoms with Gasteiger partial charge in [0.2, 0.25) is 11.8 Å². The van der Waals surface area contributed by atoms with E-state index < -0.39 is 0 Å². The quantitative estimate of drug-likeness (QED) is 0.594. The van der Waals surface area contributed by atoms with Gasteiger partial charge < -0.3 is 9.73 Å². The number of carbonyl (C=O) groups excluding carboxylic acids is 1. The van der Waals surface area contributed by atoms with Gasteiger partial charge in [0, 0.05) is 17.9 Å². The Balaban J connectivity index is 1.38. The number of aromatic nitrogens is 1. The average molecular weight is 381 g/mol. The molecule has 0 spiro atoms. The van der Waals surface area contributed by atoms with Gasteiger partial charge in [-0.15, -0.1) is 11.8 Å². The third-order valence-corrected chi connectivity index (χ3v) is 5.19. The predicted octanol–water partition coefficient (Wildman–Crippen LogP) is 4.50. The van der Waals surface area contributed by atoms with E-state index in [4.69, 9.17) is 4.42 Å². The average Bonchev–Trinajstić information content (AvgIpc) is 3.18. The molecule has 140 valence electrons. The van der Waals surface area contributed by atoms with Crippen LogP contribution in [-0.2, 0) is 23.4 Å². The second kappa shape index (κ2) is 9.97. The van der Waals surface area contributed by atoms with E-state index in [-0.39, 0.29) is 5.91 Å². The Labute approximate surface area is 164 Å². The summed E-state index contributed by atoms with van der Waals surface area (Å²) in [4.78, 5) is 16.5. The van der Waals surface area contributed by atoms with Gasteiger partial charge >= 0.3 is 0 Å². The number of nitrogens with zero attached hydrogens (tertiary/aromatic N) is 1. The highest BCUT2D eigenvalue weighted by atomic mass is 32.2. The molecular weight excluding hydrogens is 356 g/mol. The summed E-state index contributed by atoms with van der Waals surface area (Å²) in [6.07, 6.45) is 3.53. The maximum Gasteiger partial charge on any atom is 0.230 e. The van der Waals surface area contributed by atoms with Crippen LogP contribution in [0.4, 0.5) is 0 Å². The first-order valence-corrected chi connectivity index (χ1v) is 10.3. The first-order valence-electron chi connectivity index (χ1n) is 9.16.